The number of nitrogens with two attached hydrogens (primary N) is 1. The molecule has 0 aliphatic heterocycles. The van der Waals surface area contributed by atoms with E-state index >= 15 is 0 Å². The van der Waals surface area contributed by atoms with Crippen LogP contribution in [0.15, 0.2) is 64.2 Å². The number of nitrogen functional groups attached to an aromatic ring is 1. The number of fused-ring (bicyclic) bond motifs is 1. The highest BCUT2D eigenvalue weighted by molar-refractivity contribution is 6.08. The molecule has 0 aliphatic carbocycles. The molecule has 36 heavy (non-hydrogen) atoms. The number of esters is 1. The minimum absolute atomic E-state index is 0.233. The van der Waals surface area contributed by atoms with E-state index in [-0.39, 0.29) is 23.5 Å². The highest BCUT2D eigenvalue weighted by Crippen LogP contribution is 2.30. The Morgan fingerprint density at radius 3 is 2.36 bits per heavy atom. The number of hydrogen-bond acceptors (Lipinski definition) is 7. The van der Waals surface area contributed by atoms with Crippen molar-refractivity contribution in [2.45, 2.75) is 26.8 Å². The number of ether oxygens (including phenoxy) is 1. The third kappa shape index (κ3) is 4.31. The van der Waals surface area contributed by atoms with Gasteiger partial charge in [-0.2, -0.15) is 0 Å². The van der Waals surface area contributed by atoms with Crippen molar-refractivity contribution in [2.75, 3.05) is 12.3 Å². The van der Waals surface area contributed by atoms with Crippen LogP contribution in [0.4, 0.5) is 5.82 Å². The molecule has 184 valence electrons. The number of para-hydroxylation sites is 1. The van der Waals surface area contributed by atoms with Gasteiger partial charge in [-0.1, -0.05) is 55.5 Å². The first-order valence-corrected chi connectivity index (χ1v) is 11.5. The molecule has 0 bridgehead atoms. The molecule has 0 aliphatic rings. The Bertz CT molecular complexity index is 1600. The minimum Gasteiger partial charge on any atom is -0.454 e. The van der Waals surface area contributed by atoms with Gasteiger partial charge in [-0.05, 0) is 25.0 Å². The number of anilines is 1. The number of nitrogens with zero attached hydrogens (tertiary/aromatic N) is 3. The first-order chi connectivity index (χ1) is 17.3. The van der Waals surface area contributed by atoms with E-state index in [1.807, 2.05) is 43.3 Å². The Hall–Kier alpha value is -4.53. The number of Topliss-reactive ketones (excluding diaryl/α,β-unsaturated/α-hetero) is 1. The summed E-state index contributed by atoms with van der Waals surface area (Å²) in [6, 6.07) is 16.6. The fourth-order valence-electron chi connectivity index (χ4n) is 4.21. The van der Waals surface area contributed by atoms with Gasteiger partial charge in [0.2, 0.25) is 5.78 Å². The van der Waals surface area contributed by atoms with Gasteiger partial charge >= 0.3 is 11.7 Å². The Morgan fingerprint density at radius 1 is 1.00 bits per heavy atom. The summed E-state index contributed by atoms with van der Waals surface area (Å²) < 4.78 is 7.39. The second kappa shape index (κ2) is 9.99. The van der Waals surface area contributed by atoms with Crippen LogP contribution in [0.5, 0.6) is 0 Å². The molecule has 9 nitrogen and oxygen atoms in total. The maximum absolute atomic E-state index is 13.3. The summed E-state index contributed by atoms with van der Waals surface area (Å²) in [4.78, 5) is 56.0. The van der Waals surface area contributed by atoms with Gasteiger partial charge in [0, 0.05) is 24.5 Å². The normalized spacial score (nSPS) is 11.0. The highest BCUT2D eigenvalue weighted by atomic mass is 16.5. The summed E-state index contributed by atoms with van der Waals surface area (Å²) in [5.74, 6) is -1.75. The lowest BCUT2D eigenvalue weighted by Gasteiger charge is -2.15. The molecule has 2 aromatic carbocycles. The molecule has 0 saturated carbocycles. The van der Waals surface area contributed by atoms with E-state index in [2.05, 4.69) is 0 Å². The predicted molar refractivity (Wildman–Crippen MR) is 137 cm³/mol. The average Bonchev–Trinajstić information content (AvgIpc) is 2.88. The molecule has 2 aromatic heterocycles. The molecule has 0 saturated heterocycles. The summed E-state index contributed by atoms with van der Waals surface area (Å²) in [6.07, 6.45) is 0.572. The van der Waals surface area contributed by atoms with Gasteiger partial charge < -0.3 is 10.5 Å². The molecule has 0 amide bonds. The van der Waals surface area contributed by atoms with Gasteiger partial charge in [0.05, 0.1) is 16.8 Å². The number of aromatic nitrogens is 3. The lowest BCUT2D eigenvalue weighted by Crippen LogP contribution is -2.43. The van der Waals surface area contributed by atoms with Gasteiger partial charge in [-0.15, -0.1) is 0 Å². The standard InChI is InChI=1S/C27H26N4O5/c1-4-14-31-24(28)22(25(33)30(3)27(31)35)20(32)15-36-26(34)21-16(2)23(17-10-6-5-7-11-17)29-19-13-9-8-12-18(19)21/h5-13H,4,14-15,28H2,1-3H3. The number of carbonyl (C=O) groups is 2. The van der Waals surface area contributed by atoms with Crippen LogP contribution in [0.3, 0.4) is 0 Å². The van der Waals surface area contributed by atoms with Gasteiger partial charge in [-0.3, -0.25) is 18.7 Å². The van der Waals surface area contributed by atoms with Gasteiger partial charge in [-0.25, -0.2) is 14.6 Å². The van der Waals surface area contributed by atoms with Crippen LogP contribution >= 0.6 is 0 Å². The van der Waals surface area contributed by atoms with Crippen molar-refractivity contribution in [1.29, 1.82) is 0 Å². The first kappa shape index (κ1) is 24.6. The van der Waals surface area contributed by atoms with E-state index in [1.165, 1.54) is 11.6 Å². The topological polar surface area (TPSA) is 126 Å². The Kier molecular flexibility index (Phi) is 6.82. The predicted octanol–water partition coefficient (Wildman–Crippen LogP) is 3.10. The third-order valence-electron chi connectivity index (χ3n) is 6.03. The van der Waals surface area contributed by atoms with Crippen molar-refractivity contribution in [3.63, 3.8) is 0 Å². The van der Waals surface area contributed by atoms with Gasteiger partial charge in [0.15, 0.2) is 6.61 Å². The quantitative estimate of drug-likeness (QED) is 0.314. The highest BCUT2D eigenvalue weighted by Gasteiger charge is 2.25. The smallest absolute Gasteiger partial charge is 0.339 e. The summed E-state index contributed by atoms with van der Waals surface area (Å²) >= 11 is 0. The molecule has 4 aromatic rings. The molecule has 0 spiro atoms. The average molecular weight is 487 g/mol. The number of pyridine rings is 1. The molecule has 2 N–H and O–H groups in total. The van der Waals surface area contributed by atoms with Gasteiger partial charge in [0.1, 0.15) is 11.4 Å². The van der Waals surface area contributed by atoms with E-state index in [4.69, 9.17) is 15.5 Å². The molecular formula is C27H26N4O5. The second-order valence-electron chi connectivity index (χ2n) is 8.40. The van der Waals surface area contributed by atoms with Crippen LogP contribution < -0.4 is 17.0 Å². The second-order valence-corrected chi connectivity index (χ2v) is 8.40. The number of hydrogen-bond donors (Lipinski definition) is 1. The molecule has 4 rings (SSSR count). The van der Waals surface area contributed by atoms with Crippen LogP contribution in [0, 0.1) is 6.92 Å². The van der Waals surface area contributed by atoms with Gasteiger partial charge in [0.25, 0.3) is 5.56 Å². The maximum Gasteiger partial charge on any atom is 0.339 e. The van der Waals surface area contributed by atoms with E-state index in [0.29, 0.717) is 28.6 Å². The minimum atomic E-state index is -0.831. The molecular weight excluding hydrogens is 460 g/mol. The summed E-state index contributed by atoms with van der Waals surface area (Å²) in [6.45, 7) is 3.14. The molecule has 0 fully saturated rings. The SMILES string of the molecule is CCCn1c(N)c(C(=O)COC(=O)c2c(C)c(-c3ccccc3)nc3ccccc23)c(=O)n(C)c1=O. The van der Waals surface area contributed by atoms with Crippen molar-refractivity contribution in [2.24, 2.45) is 7.05 Å². The summed E-state index contributed by atoms with van der Waals surface area (Å²) in [7, 11) is 1.27. The Labute approximate surface area is 206 Å². The van der Waals surface area contributed by atoms with E-state index < -0.39 is 29.6 Å². The molecule has 9 heteroatoms. The zero-order chi connectivity index (χ0) is 26.0. The number of ketones is 1. The van der Waals surface area contributed by atoms with Crippen LogP contribution in [-0.4, -0.2) is 32.5 Å². The Morgan fingerprint density at radius 2 is 1.67 bits per heavy atom. The molecule has 0 radical (unpaired) electrons. The Balaban J connectivity index is 1.71. The molecule has 0 atom stereocenters. The third-order valence-corrected chi connectivity index (χ3v) is 6.03. The van der Waals surface area contributed by atoms with Crippen molar-refractivity contribution < 1.29 is 14.3 Å². The number of carbonyl (C=O) groups excluding carboxylic acids is 2. The molecule has 0 unspecified atom stereocenters. The number of rotatable bonds is 7. The van der Waals surface area contributed by atoms with Crippen LogP contribution in [-0.2, 0) is 18.3 Å². The lowest BCUT2D eigenvalue weighted by atomic mass is 9.98. The fraction of sp³-hybridized carbons (Fsp3) is 0.222. The molecule has 2 heterocycles. The van der Waals surface area contributed by atoms with Crippen molar-refractivity contribution in [3.05, 3.63) is 92.1 Å². The van der Waals surface area contributed by atoms with Crippen molar-refractivity contribution in [1.82, 2.24) is 14.1 Å². The van der Waals surface area contributed by atoms with Crippen molar-refractivity contribution in [3.8, 4) is 11.3 Å². The zero-order valence-corrected chi connectivity index (χ0v) is 20.3. The monoisotopic (exact) mass is 486 g/mol. The van der Waals surface area contributed by atoms with E-state index in [0.717, 1.165) is 10.1 Å². The first-order valence-electron chi connectivity index (χ1n) is 11.5. The van der Waals surface area contributed by atoms with Crippen molar-refractivity contribution >= 4 is 28.5 Å². The lowest BCUT2D eigenvalue weighted by molar-refractivity contribution is 0.0475. The van der Waals surface area contributed by atoms with E-state index in [1.54, 1.807) is 25.1 Å². The maximum atomic E-state index is 13.3. The fourth-order valence-corrected chi connectivity index (χ4v) is 4.21. The number of benzene rings is 2. The van der Waals surface area contributed by atoms with Crippen LogP contribution in [0.2, 0.25) is 0 Å². The summed E-state index contributed by atoms with van der Waals surface area (Å²) in [5.41, 5.74) is 7.14. The van der Waals surface area contributed by atoms with Crippen LogP contribution in [0.1, 0.15) is 39.6 Å². The zero-order valence-electron chi connectivity index (χ0n) is 20.3. The van der Waals surface area contributed by atoms with Crippen LogP contribution in [0.25, 0.3) is 22.2 Å². The largest absolute Gasteiger partial charge is 0.454 e. The summed E-state index contributed by atoms with van der Waals surface area (Å²) in [5, 5.41) is 0.582. The van der Waals surface area contributed by atoms with E-state index in [9.17, 15) is 19.2 Å².